The Kier molecular flexibility index (Phi) is 5.68. The Balaban J connectivity index is 2.19. The smallest absolute Gasteiger partial charge is 0.130 e. The maximum atomic E-state index is 10.2. The van der Waals surface area contributed by atoms with Crippen LogP contribution in [-0.4, -0.2) is 11.7 Å². The molecule has 0 heterocycles. The molecule has 0 saturated heterocycles. The van der Waals surface area contributed by atoms with Gasteiger partial charge in [-0.15, -0.1) is 0 Å². The van der Waals surface area contributed by atoms with Gasteiger partial charge >= 0.3 is 0 Å². The van der Waals surface area contributed by atoms with E-state index in [0.717, 1.165) is 28.9 Å². The highest BCUT2D eigenvalue weighted by atomic mass is 16.5. The van der Waals surface area contributed by atoms with E-state index in [-0.39, 0.29) is 5.75 Å². The van der Waals surface area contributed by atoms with E-state index in [0.29, 0.717) is 6.61 Å². The molecule has 0 saturated carbocycles. The Bertz CT molecular complexity index is 576. The lowest BCUT2D eigenvalue weighted by atomic mass is 9.99. The molecule has 0 spiro atoms. The molecule has 0 aromatic heterocycles. The van der Waals surface area contributed by atoms with Crippen LogP contribution in [0.2, 0.25) is 0 Å². The van der Waals surface area contributed by atoms with Crippen molar-refractivity contribution >= 4 is 0 Å². The third kappa shape index (κ3) is 4.01. The van der Waals surface area contributed by atoms with Gasteiger partial charge in [-0.25, -0.2) is 0 Å². The second-order valence-electron chi connectivity index (χ2n) is 5.37. The van der Waals surface area contributed by atoms with Crippen molar-refractivity contribution in [2.75, 3.05) is 6.61 Å². The highest BCUT2D eigenvalue weighted by molar-refractivity contribution is 5.78. The molecular formula is C19H24O2. The summed E-state index contributed by atoms with van der Waals surface area (Å²) in [6.45, 7) is 4.95. The van der Waals surface area contributed by atoms with Gasteiger partial charge in [0.15, 0.2) is 0 Å². The van der Waals surface area contributed by atoms with E-state index in [1.165, 1.54) is 19.3 Å². The summed E-state index contributed by atoms with van der Waals surface area (Å²) in [7, 11) is 0. The van der Waals surface area contributed by atoms with Crippen LogP contribution in [0.3, 0.4) is 0 Å². The number of rotatable bonds is 7. The van der Waals surface area contributed by atoms with Crippen LogP contribution in [0.1, 0.15) is 38.2 Å². The van der Waals surface area contributed by atoms with Gasteiger partial charge in [-0.2, -0.15) is 0 Å². The molecule has 0 fully saturated rings. The molecule has 112 valence electrons. The molecule has 21 heavy (non-hydrogen) atoms. The van der Waals surface area contributed by atoms with Crippen LogP contribution in [-0.2, 0) is 0 Å². The topological polar surface area (TPSA) is 29.5 Å². The van der Waals surface area contributed by atoms with Gasteiger partial charge in [0.25, 0.3) is 0 Å². The maximum absolute atomic E-state index is 10.2. The lowest BCUT2D eigenvalue weighted by molar-refractivity contribution is 0.305. The number of phenolic OH excluding ortho intramolecular Hbond substituents is 1. The average molecular weight is 284 g/mol. The van der Waals surface area contributed by atoms with Crippen LogP contribution in [0, 0.1) is 6.92 Å². The fourth-order valence-corrected chi connectivity index (χ4v) is 2.47. The van der Waals surface area contributed by atoms with Crippen molar-refractivity contribution in [1.82, 2.24) is 0 Å². The molecule has 0 aliphatic rings. The zero-order valence-corrected chi connectivity index (χ0v) is 12.9. The molecule has 2 rings (SSSR count). The fourth-order valence-electron chi connectivity index (χ4n) is 2.47. The molecule has 2 aromatic carbocycles. The molecule has 2 aromatic rings. The van der Waals surface area contributed by atoms with Gasteiger partial charge in [0.1, 0.15) is 11.5 Å². The van der Waals surface area contributed by atoms with E-state index >= 15 is 0 Å². The van der Waals surface area contributed by atoms with E-state index in [1.54, 1.807) is 6.07 Å². The second kappa shape index (κ2) is 7.72. The molecule has 0 aliphatic carbocycles. The van der Waals surface area contributed by atoms with Crippen LogP contribution >= 0.6 is 0 Å². The minimum atomic E-state index is 0.273. The largest absolute Gasteiger partial charge is 0.507 e. The SMILES string of the molecule is CCCCCCOc1cccc(O)c1-c1ccccc1C. The molecule has 0 unspecified atom stereocenters. The summed E-state index contributed by atoms with van der Waals surface area (Å²) in [4.78, 5) is 0. The summed E-state index contributed by atoms with van der Waals surface area (Å²) in [6, 6.07) is 13.5. The minimum absolute atomic E-state index is 0.273. The summed E-state index contributed by atoms with van der Waals surface area (Å²) in [5.74, 6) is 1.04. The van der Waals surface area contributed by atoms with Crippen molar-refractivity contribution in [3.05, 3.63) is 48.0 Å². The Labute approximate surface area is 127 Å². The average Bonchev–Trinajstić information content (AvgIpc) is 2.48. The lowest BCUT2D eigenvalue weighted by Gasteiger charge is -2.14. The third-order valence-corrected chi connectivity index (χ3v) is 3.67. The summed E-state index contributed by atoms with van der Waals surface area (Å²) in [5.41, 5.74) is 2.96. The second-order valence-corrected chi connectivity index (χ2v) is 5.37. The van der Waals surface area contributed by atoms with Crippen molar-refractivity contribution in [2.45, 2.75) is 39.5 Å². The Morgan fingerprint density at radius 1 is 0.952 bits per heavy atom. The highest BCUT2D eigenvalue weighted by Gasteiger charge is 2.13. The predicted molar refractivity (Wildman–Crippen MR) is 87.9 cm³/mol. The van der Waals surface area contributed by atoms with Gasteiger partial charge in [-0.1, -0.05) is 56.5 Å². The van der Waals surface area contributed by atoms with E-state index in [2.05, 4.69) is 6.92 Å². The zero-order valence-electron chi connectivity index (χ0n) is 12.9. The molecule has 0 atom stereocenters. The highest BCUT2D eigenvalue weighted by Crippen LogP contribution is 2.39. The van der Waals surface area contributed by atoms with Gasteiger partial charge in [0, 0.05) is 0 Å². The molecule has 0 radical (unpaired) electrons. The Hall–Kier alpha value is -1.96. The summed E-state index contributed by atoms with van der Waals surface area (Å²) < 4.78 is 5.91. The van der Waals surface area contributed by atoms with Gasteiger partial charge in [0.05, 0.1) is 12.2 Å². The molecular weight excluding hydrogens is 260 g/mol. The first-order valence-electron chi connectivity index (χ1n) is 7.74. The molecule has 2 heteroatoms. The number of phenols is 1. The number of hydrogen-bond acceptors (Lipinski definition) is 2. The van der Waals surface area contributed by atoms with Crippen molar-refractivity contribution in [2.24, 2.45) is 0 Å². The van der Waals surface area contributed by atoms with E-state index in [9.17, 15) is 5.11 Å². The van der Waals surface area contributed by atoms with Gasteiger partial charge < -0.3 is 9.84 Å². The summed E-state index contributed by atoms with van der Waals surface area (Å²) >= 11 is 0. The number of aromatic hydroxyl groups is 1. The quantitative estimate of drug-likeness (QED) is 0.697. The standard InChI is InChI=1S/C19H24O2/c1-3-4-5-8-14-21-18-13-9-12-17(20)19(18)16-11-7-6-10-15(16)2/h6-7,9-13,20H,3-5,8,14H2,1-2H3. The monoisotopic (exact) mass is 284 g/mol. The van der Waals surface area contributed by atoms with Crippen LogP contribution in [0.25, 0.3) is 11.1 Å². The number of ether oxygens (including phenoxy) is 1. The summed E-state index contributed by atoms with van der Waals surface area (Å²) in [5, 5.41) is 10.2. The third-order valence-electron chi connectivity index (χ3n) is 3.67. The summed E-state index contributed by atoms with van der Waals surface area (Å²) in [6.07, 6.45) is 4.71. The minimum Gasteiger partial charge on any atom is -0.507 e. The maximum Gasteiger partial charge on any atom is 0.130 e. The number of benzene rings is 2. The molecule has 0 aliphatic heterocycles. The van der Waals surface area contributed by atoms with Crippen LogP contribution in [0.15, 0.2) is 42.5 Å². The first kappa shape index (κ1) is 15.4. The van der Waals surface area contributed by atoms with Gasteiger partial charge in [0.2, 0.25) is 0 Å². The molecule has 0 bridgehead atoms. The van der Waals surface area contributed by atoms with E-state index in [1.807, 2.05) is 43.3 Å². The van der Waals surface area contributed by atoms with Crippen molar-refractivity contribution in [1.29, 1.82) is 0 Å². The predicted octanol–water partition coefficient (Wildman–Crippen LogP) is 5.33. The van der Waals surface area contributed by atoms with Gasteiger partial charge in [-0.05, 0) is 36.6 Å². The van der Waals surface area contributed by atoms with E-state index < -0.39 is 0 Å². The first-order chi connectivity index (χ1) is 10.2. The van der Waals surface area contributed by atoms with Crippen molar-refractivity contribution < 1.29 is 9.84 Å². The molecule has 0 amide bonds. The Morgan fingerprint density at radius 2 is 1.76 bits per heavy atom. The molecule has 1 N–H and O–H groups in total. The normalized spacial score (nSPS) is 10.6. The van der Waals surface area contributed by atoms with Crippen molar-refractivity contribution in [3.63, 3.8) is 0 Å². The lowest BCUT2D eigenvalue weighted by Crippen LogP contribution is -1.99. The number of unbranched alkanes of at least 4 members (excludes halogenated alkanes) is 3. The first-order valence-corrected chi connectivity index (χ1v) is 7.74. The van der Waals surface area contributed by atoms with Crippen LogP contribution in [0.5, 0.6) is 11.5 Å². The van der Waals surface area contributed by atoms with Crippen molar-refractivity contribution in [3.8, 4) is 22.6 Å². The number of hydrogen-bond donors (Lipinski definition) is 1. The van der Waals surface area contributed by atoms with Gasteiger partial charge in [-0.3, -0.25) is 0 Å². The number of aryl methyl sites for hydroxylation is 1. The van der Waals surface area contributed by atoms with Crippen LogP contribution < -0.4 is 4.74 Å². The van der Waals surface area contributed by atoms with E-state index in [4.69, 9.17) is 4.74 Å². The molecule has 2 nitrogen and oxygen atoms in total. The fraction of sp³-hybridized carbons (Fsp3) is 0.368. The van der Waals surface area contributed by atoms with Crippen LogP contribution in [0.4, 0.5) is 0 Å². The Morgan fingerprint density at radius 3 is 2.52 bits per heavy atom. The zero-order chi connectivity index (χ0) is 15.1.